The first-order valence-electron chi connectivity index (χ1n) is 30.4. The number of aryl methyl sites for hydroxylation is 2. The molecule has 3 amide bonds. The number of alkyl halides is 9. The maximum atomic E-state index is 13.5. The number of amides is 3. The Morgan fingerprint density at radius 3 is 1.44 bits per heavy atom. The molecule has 3 aliphatic rings. The minimum Gasteiger partial charge on any atom is -0.365 e. The number of piperidine rings is 3. The van der Waals surface area contributed by atoms with Crippen LogP contribution in [-0.2, 0) is 18.5 Å². The molecule has 498 valence electrons. The Morgan fingerprint density at radius 1 is 0.474 bits per heavy atom. The molecule has 95 heavy (non-hydrogen) atoms. The Bertz CT molecular complexity index is 4040. The second-order valence-electron chi connectivity index (χ2n) is 23.0. The molecular weight excluding hydrogens is 1250 g/mol. The van der Waals surface area contributed by atoms with Gasteiger partial charge < -0.3 is 30.7 Å². The Labute approximate surface area is 539 Å². The number of para-hydroxylation sites is 1. The molecule has 0 bridgehead atoms. The number of hydrogen-bond acceptors (Lipinski definition) is 16. The lowest BCUT2D eigenvalue weighted by Gasteiger charge is -2.40. The molecule has 9 aromatic rings. The third kappa shape index (κ3) is 16.2. The van der Waals surface area contributed by atoms with Crippen molar-refractivity contribution >= 4 is 35.3 Å². The Kier molecular flexibility index (Phi) is 20.5. The van der Waals surface area contributed by atoms with Gasteiger partial charge in [-0.15, -0.1) is 0 Å². The number of aromatic nitrogens is 13. The summed E-state index contributed by atoms with van der Waals surface area (Å²) in [5.74, 6) is 0.515. The summed E-state index contributed by atoms with van der Waals surface area (Å²) in [6.45, 7) is 11.2. The fourth-order valence-electron chi connectivity index (χ4n) is 11.5. The zero-order valence-corrected chi connectivity index (χ0v) is 52.0. The summed E-state index contributed by atoms with van der Waals surface area (Å²) in [5, 5.41) is 30.1. The van der Waals surface area contributed by atoms with Gasteiger partial charge in [-0.25, -0.2) is 29.6 Å². The normalized spacial score (nSPS) is 19.2. The van der Waals surface area contributed by atoms with Gasteiger partial charge in [-0.3, -0.25) is 14.4 Å². The highest BCUT2D eigenvalue weighted by Gasteiger charge is 2.39. The van der Waals surface area contributed by atoms with Crippen molar-refractivity contribution in [3.8, 4) is 17.2 Å². The van der Waals surface area contributed by atoms with Crippen molar-refractivity contribution in [2.75, 3.05) is 35.6 Å². The topological polar surface area (TPSA) is 241 Å². The number of anilines is 3. The number of halogens is 9. The third-order valence-electron chi connectivity index (χ3n) is 16.6. The molecule has 12 rings (SSSR count). The van der Waals surface area contributed by atoms with E-state index in [4.69, 9.17) is 0 Å². The SMILES string of the molecule is C[C@H]1[C@H](Nc2ccc(C(F)(F)F)cn2)CCCN1C(=O)c1ccccc1-n1nccn1.Cc1ccc(C(=O)N2CCC[C@@H](Nc3ccc(C(F)(F)F)cn3)[C@@H]2C)c(-n2nccn2)c1.Cc1ccc(C(=O)N2CCC[C@@H](Nc3nccc(C(F)(F)F)n3)[C@@H]2C)c(-n2cccn2)n1. The van der Waals surface area contributed by atoms with Crippen molar-refractivity contribution in [1.82, 2.24) is 79.4 Å². The van der Waals surface area contributed by atoms with E-state index in [0.717, 1.165) is 73.7 Å². The predicted molar refractivity (Wildman–Crippen MR) is 330 cm³/mol. The van der Waals surface area contributed by atoms with Crippen LogP contribution in [0.15, 0.2) is 147 Å². The predicted octanol–water partition coefficient (Wildman–Crippen LogP) is 11.4. The molecule has 0 aliphatic carbocycles. The van der Waals surface area contributed by atoms with E-state index in [-0.39, 0.29) is 59.9 Å². The van der Waals surface area contributed by atoms with Crippen LogP contribution in [0.5, 0.6) is 0 Å². The largest absolute Gasteiger partial charge is 0.433 e. The van der Waals surface area contributed by atoms with E-state index in [1.165, 1.54) is 21.7 Å². The lowest BCUT2D eigenvalue weighted by atomic mass is 9.96. The second kappa shape index (κ2) is 28.9. The molecule has 0 unspecified atom stereocenters. The average Bonchev–Trinajstić information content (AvgIpc) is 1.62. The van der Waals surface area contributed by atoms with Crippen LogP contribution >= 0.6 is 0 Å². The van der Waals surface area contributed by atoms with E-state index in [1.54, 1.807) is 99.0 Å². The van der Waals surface area contributed by atoms with E-state index in [2.05, 4.69) is 66.4 Å². The van der Waals surface area contributed by atoms with Crippen LogP contribution in [0.3, 0.4) is 0 Å². The molecule has 3 aliphatic heterocycles. The first-order chi connectivity index (χ1) is 45.3. The maximum Gasteiger partial charge on any atom is 0.433 e. The lowest BCUT2D eigenvalue weighted by Crippen LogP contribution is -2.52. The second-order valence-corrected chi connectivity index (χ2v) is 23.0. The molecule has 3 fully saturated rings. The van der Waals surface area contributed by atoms with Crippen LogP contribution in [0.1, 0.15) is 118 Å². The van der Waals surface area contributed by atoms with Gasteiger partial charge in [0, 0.05) is 92.6 Å². The third-order valence-corrected chi connectivity index (χ3v) is 16.6. The number of likely N-dealkylation sites (tertiary alicyclic amines) is 3. The summed E-state index contributed by atoms with van der Waals surface area (Å²) in [5.41, 5.74) is 1.70. The first kappa shape index (κ1) is 67.5. The monoisotopic (exact) mass is 1320 g/mol. The molecule has 22 nitrogen and oxygen atoms in total. The minimum atomic E-state index is -4.55. The van der Waals surface area contributed by atoms with Crippen LogP contribution in [-0.4, -0.2) is 153 Å². The number of hydrogen-bond donors (Lipinski definition) is 3. The molecule has 6 atom stereocenters. The van der Waals surface area contributed by atoms with E-state index in [0.29, 0.717) is 78.0 Å². The molecule has 2 aromatic carbocycles. The average molecular weight is 1320 g/mol. The number of carbonyl (C=O) groups is 3. The van der Waals surface area contributed by atoms with Gasteiger partial charge in [-0.2, -0.15) is 74.6 Å². The van der Waals surface area contributed by atoms with Crippen LogP contribution < -0.4 is 16.0 Å². The highest BCUT2D eigenvalue weighted by molar-refractivity contribution is 5.99. The summed E-state index contributed by atoms with van der Waals surface area (Å²) >= 11 is 0. The van der Waals surface area contributed by atoms with Gasteiger partial charge in [-0.05, 0) is 152 Å². The Hall–Kier alpha value is -10.4. The fraction of sp³-hybridized carbons (Fsp3) is 0.359. The Morgan fingerprint density at radius 2 is 0.958 bits per heavy atom. The molecule has 3 saturated heterocycles. The van der Waals surface area contributed by atoms with Gasteiger partial charge in [-0.1, -0.05) is 18.2 Å². The number of nitrogens with zero attached hydrogens (tertiary/aromatic N) is 16. The molecule has 0 spiro atoms. The van der Waals surface area contributed by atoms with Crippen LogP contribution in [0.2, 0.25) is 0 Å². The van der Waals surface area contributed by atoms with Gasteiger partial charge in [0.25, 0.3) is 17.7 Å². The zero-order valence-electron chi connectivity index (χ0n) is 52.0. The molecule has 31 heteroatoms. The van der Waals surface area contributed by atoms with E-state index >= 15 is 0 Å². The summed E-state index contributed by atoms with van der Waals surface area (Å²) < 4.78 is 117. The highest BCUT2D eigenvalue weighted by Crippen LogP contribution is 2.34. The smallest absolute Gasteiger partial charge is 0.365 e. The highest BCUT2D eigenvalue weighted by atomic mass is 19.4. The van der Waals surface area contributed by atoms with Crippen molar-refractivity contribution in [3.05, 3.63) is 192 Å². The van der Waals surface area contributed by atoms with Crippen molar-refractivity contribution in [1.29, 1.82) is 0 Å². The van der Waals surface area contributed by atoms with Crippen molar-refractivity contribution in [3.63, 3.8) is 0 Å². The zero-order chi connectivity index (χ0) is 67.8. The first-order valence-corrected chi connectivity index (χ1v) is 30.4. The van der Waals surface area contributed by atoms with E-state index in [9.17, 15) is 53.9 Å². The van der Waals surface area contributed by atoms with Crippen molar-refractivity contribution in [2.45, 2.75) is 128 Å². The van der Waals surface area contributed by atoms with Gasteiger partial charge in [0.2, 0.25) is 5.95 Å². The summed E-state index contributed by atoms with van der Waals surface area (Å²) in [6, 6.07) is 22.0. The summed E-state index contributed by atoms with van der Waals surface area (Å²) in [4.78, 5) is 68.2. The molecular formula is C64H66F9N19O3. The summed E-state index contributed by atoms with van der Waals surface area (Å²) in [6.07, 6.45) is 3.22. The quantitative estimate of drug-likeness (QED) is 0.0963. The van der Waals surface area contributed by atoms with Crippen LogP contribution in [0.25, 0.3) is 17.2 Å². The van der Waals surface area contributed by atoms with Crippen LogP contribution in [0, 0.1) is 13.8 Å². The molecule has 0 radical (unpaired) electrons. The molecule has 7 aromatic heterocycles. The Balaban J connectivity index is 0.000000155. The lowest BCUT2D eigenvalue weighted by molar-refractivity contribution is -0.141. The number of rotatable bonds is 12. The van der Waals surface area contributed by atoms with Crippen LogP contribution in [0.4, 0.5) is 57.1 Å². The van der Waals surface area contributed by atoms with Gasteiger partial charge in [0.1, 0.15) is 17.3 Å². The molecule has 3 N–H and O–H groups in total. The standard InChI is InChI=1S/C22H23F3N6O.C21H22F3N7O.C21H21F3N6O/c1-14-5-7-17(19(12-14)31-27-9-10-28-31)21(32)30-11-3-4-18(15(30)2)29-20-8-6-16(13-26-20)22(23,24)25;1-13-6-7-15(18(27-13)31-12-4-9-26-31)19(32)30-11-3-5-16(14(30)2)28-20-25-10-8-17(29-20)21(22,23)24;1-14-17(28-19-9-8-15(13-25-19)21(22,23)24)6-4-12-29(14)20(31)16-5-2-3-7-18(16)30-26-10-11-27-30/h5-10,12-13,15,18H,3-4,11H2,1-2H3,(H,26,29);4,6-10,12,14,16H,3,5,11H2,1-2H3,(H,25,28,29);2-3,5,7-11,13-14,17H,4,6,12H2,1H3,(H,25,28)/t15-,18+;14-,16+;14-,17+/m000/s1. The number of benzene rings is 2. The fourth-order valence-corrected chi connectivity index (χ4v) is 11.5. The summed E-state index contributed by atoms with van der Waals surface area (Å²) in [7, 11) is 0. The van der Waals surface area contributed by atoms with Gasteiger partial charge in [0.05, 0.1) is 64.0 Å². The number of nitrogens with one attached hydrogen (secondary N) is 3. The van der Waals surface area contributed by atoms with E-state index < -0.39 is 35.3 Å². The van der Waals surface area contributed by atoms with Gasteiger partial charge >= 0.3 is 18.5 Å². The van der Waals surface area contributed by atoms with Crippen molar-refractivity contribution < 1.29 is 53.9 Å². The van der Waals surface area contributed by atoms with Crippen molar-refractivity contribution in [2.24, 2.45) is 0 Å². The van der Waals surface area contributed by atoms with Gasteiger partial charge in [0.15, 0.2) is 5.82 Å². The number of carbonyl (C=O) groups excluding carboxylic acids is 3. The molecule has 0 saturated carbocycles. The molecule has 10 heterocycles. The maximum absolute atomic E-state index is 13.5. The van der Waals surface area contributed by atoms with E-state index in [1.807, 2.05) is 52.8 Å². The minimum absolute atomic E-state index is 0.111. The number of pyridine rings is 3.